The summed E-state index contributed by atoms with van der Waals surface area (Å²) in [5, 5.41) is 5.85. The molecule has 7 heteroatoms. The Morgan fingerprint density at radius 2 is 1.77 bits per heavy atom. The third-order valence-electron chi connectivity index (χ3n) is 6.59. The zero-order valence-electron chi connectivity index (χ0n) is 18.7. The van der Waals surface area contributed by atoms with Crippen LogP contribution in [0, 0.1) is 18.8 Å². The van der Waals surface area contributed by atoms with Crippen LogP contribution < -0.4 is 10.6 Å². The number of methoxy groups -OCH3 is 1. The van der Waals surface area contributed by atoms with E-state index in [2.05, 4.69) is 10.6 Å². The first-order chi connectivity index (χ1) is 15.0. The molecule has 1 aliphatic heterocycles. The number of hydrogen-bond donors (Lipinski definition) is 2. The van der Waals surface area contributed by atoms with Gasteiger partial charge < -0.3 is 20.3 Å². The summed E-state index contributed by atoms with van der Waals surface area (Å²) in [7, 11) is 1.58. The zero-order chi connectivity index (χ0) is 22.2. The van der Waals surface area contributed by atoms with Crippen LogP contribution in [0.25, 0.3) is 0 Å². The number of aryl methyl sites for hydroxylation is 1. The molecule has 3 rings (SSSR count). The van der Waals surface area contributed by atoms with Crippen molar-refractivity contribution in [3.63, 3.8) is 0 Å². The van der Waals surface area contributed by atoms with E-state index in [4.69, 9.17) is 4.74 Å². The van der Waals surface area contributed by atoms with Crippen molar-refractivity contribution in [2.75, 3.05) is 33.4 Å². The van der Waals surface area contributed by atoms with Crippen LogP contribution in [0.3, 0.4) is 0 Å². The van der Waals surface area contributed by atoms with E-state index < -0.39 is 6.04 Å². The number of carbonyl (C=O) groups is 3. The van der Waals surface area contributed by atoms with E-state index in [1.807, 2.05) is 30.0 Å². The molecule has 2 aliphatic rings. The summed E-state index contributed by atoms with van der Waals surface area (Å²) in [5.41, 5.74) is 1.45. The molecule has 0 aromatic heterocycles. The van der Waals surface area contributed by atoms with Gasteiger partial charge in [0.25, 0.3) is 5.91 Å². The molecule has 3 amide bonds. The van der Waals surface area contributed by atoms with Crippen LogP contribution in [0.5, 0.6) is 0 Å². The minimum absolute atomic E-state index is 0.0110. The van der Waals surface area contributed by atoms with Crippen molar-refractivity contribution >= 4 is 17.7 Å². The number of nitrogens with one attached hydrogen (secondary N) is 2. The normalized spacial score (nSPS) is 18.6. The first kappa shape index (κ1) is 23.3. The number of nitrogens with zero attached hydrogens (tertiary/aromatic N) is 1. The molecule has 0 bridgehead atoms. The molecule has 1 saturated heterocycles. The molecule has 7 nitrogen and oxygen atoms in total. The second-order valence-corrected chi connectivity index (χ2v) is 8.69. The Labute approximate surface area is 184 Å². The highest BCUT2D eigenvalue weighted by Gasteiger charge is 2.35. The van der Waals surface area contributed by atoms with Gasteiger partial charge >= 0.3 is 0 Å². The highest BCUT2D eigenvalue weighted by molar-refractivity contribution is 5.98. The number of likely N-dealkylation sites (tertiary alicyclic amines) is 1. The van der Waals surface area contributed by atoms with E-state index in [1.165, 1.54) is 0 Å². The second-order valence-electron chi connectivity index (χ2n) is 8.69. The van der Waals surface area contributed by atoms with E-state index in [-0.39, 0.29) is 29.6 Å². The van der Waals surface area contributed by atoms with Gasteiger partial charge in [-0.05, 0) is 50.2 Å². The summed E-state index contributed by atoms with van der Waals surface area (Å²) in [6.07, 6.45) is 5.68. The molecule has 0 spiro atoms. The molecule has 0 unspecified atom stereocenters. The maximum atomic E-state index is 12.9. The average molecular weight is 430 g/mol. The predicted molar refractivity (Wildman–Crippen MR) is 119 cm³/mol. The third kappa shape index (κ3) is 6.06. The van der Waals surface area contributed by atoms with Crippen molar-refractivity contribution in [3.8, 4) is 0 Å². The Morgan fingerprint density at radius 1 is 1.10 bits per heavy atom. The molecule has 31 heavy (non-hydrogen) atoms. The Morgan fingerprint density at radius 3 is 2.42 bits per heavy atom. The van der Waals surface area contributed by atoms with Crippen LogP contribution in [-0.2, 0) is 14.3 Å². The molecule has 1 saturated carbocycles. The molecule has 1 heterocycles. The van der Waals surface area contributed by atoms with Crippen LogP contribution in [0.1, 0.15) is 54.4 Å². The van der Waals surface area contributed by atoms with Gasteiger partial charge in [-0.3, -0.25) is 14.4 Å². The topological polar surface area (TPSA) is 87.7 Å². The maximum Gasteiger partial charge on any atom is 0.252 e. The molecule has 170 valence electrons. The number of benzene rings is 1. The molecular weight excluding hydrogens is 394 g/mol. The fourth-order valence-electron chi connectivity index (χ4n) is 4.71. The molecule has 2 fully saturated rings. The Kier molecular flexibility index (Phi) is 8.46. The van der Waals surface area contributed by atoms with Crippen LogP contribution in [0.4, 0.5) is 0 Å². The predicted octanol–water partition coefficient (Wildman–Crippen LogP) is 2.28. The summed E-state index contributed by atoms with van der Waals surface area (Å²) in [4.78, 5) is 40.6. The lowest BCUT2D eigenvalue weighted by molar-refractivity contribution is -0.137. The summed E-state index contributed by atoms with van der Waals surface area (Å²) >= 11 is 0. The van der Waals surface area contributed by atoms with Crippen LogP contribution in [0.15, 0.2) is 24.3 Å². The van der Waals surface area contributed by atoms with Crippen molar-refractivity contribution in [2.24, 2.45) is 11.8 Å². The average Bonchev–Trinajstić information content (AvgIpc) is 3.32. The Bertz CT molecular complexity index is 768. The van der Waals surface area contributed by atoms with Crippen molar-refractivity contribution < 1.29 is 19.1 Å². The van der Waals surface area contributed by atoms with Gasteiger partial charge in [-0.15, -0.1) is 0 Å². The maximum absolute atomic E-state index is 12.9. The first-order valence-electron chi connectivity index (χ1n) is 11.4. The van der Waals surface area contributed by atoms with Crippen molar-refractivity contribution in [2.45, 2.75) is 51.5 Å². The highest BCUT2D eigenvalue weighted by atomic mass is 16.5. The monoisotopic (exact) mass is 429 g/mol. The third-order valence-corrected chi connectivity index (χ3v) is 6.59. The fourth-order valence-corrected chi connectivity index (χ4v) is 4.71. The minimum Gasteiger partial charge on any atom is -0.383 e. The largest absolute Gasteiger partial charge is 0.383 e. The van der Waals surface area contributed by atoms with Gasteiger partial charge in [0.05, 0.1) is 6.61 Å². The van der Waals surface area contributed by atoms with Gasteiger partial charge in [0.2, 0.25) is 11.8 Å². The summed E-state index contributed by atoms with van der Waals surface area (Å²) < 4.78 is 5.03. The van der Waals surface area contributed by atoms with Gasteiger partial charge in [0.15, 0.2) is 0 Å². The number of hydrogen-bond acceptors (Lipinski definition) is 4. The van der Waals surface area contributed by atoms with Crippen LogP contribution in [-0.4, -0.2) is 62.0 Å². The molecule has 1 atom stereocenters. The second kappa shape index (κ2) is 11.3. The SMILES string of the molecule is COCCNC(=O)[C@H](NC(=O)c1ccccc1C)C1CCN(C(=O)C2CCCC2)CC1. The molecule has 2 N–H and O–H groups in total. The van der Waals surface area contributed by atoms with Gasteiger partial charge in [-0.2, -0.15) is 0 Å². The highest BCUT2D eigenvalue weighted by Crippen LogP contribution is 2.29. The van der Waals surface area contributed by atoms with Crippen molar-refractivity contribution in [1.82, 2.24) is 15.5 Å². The molecule has 1 aromatic carbocycles. The van der Waals surface area contributed by atoms with Gasteiger partial charge in [0.1, 0.15) is 6.04 Å². The zero-order valence-corrected chi connectivity index (χ0v) is 18.7. The summed E-state index contributed by atoms with van der Waals surface area (Å²) in [5.74, 6) is -0.0106. The van der Waals surface area contributed by atoms with Crippen molar-refractivity contribution in [3.05, 3.63) is 35.4 Å². The molecule has 0 radical (unpaired) electrons. The number of ether oxygens (including phenoxy) is 1. The summed E-state index contributed by atoms with van der Waals surface area (Å²) in [6, 6.07) is 6.73. The minimum atomic E-state index is -0.632. The fraction of sp³-hybridized carbons (Fsp3) is 0.625. The van der Waals surface area contributed by atoms with E-state index in [1.54, 1.807) is 13.2 Å². The number of amides is 3. The lowest BCUT2D eigenvalue weighted by atomic mass is 9.87. The molecular formula is C24H35N3O4. The van der Waals surface area contributed by atoms with Gasteiger partial charge in [-0.25, -0.2) is 0 Å². The van der Waals surface area contributed by atoms with E-state index in [0.717, 1.165) is 31.2 Å². The Hall–Kier alpha value is -2.41. The number of piperidine rings is 1. The van der Waals surface area contributed by atoms with Gasteiger partial charge in [0, 0.05) is 38.2 Å². The van der Waals surface area contributed by atoms with E-state index in [9.17, 15) is 14.4 Å². The van der Waals surface area contributed by atoms with E-state index in [0.29, 0.717) is 44.6 Å². The first-order valence-corrected chi connectivity index (χ1v) is 11.4. The quantitative estimate of drug-likeness (QED) is 0.621. The molecule has 1 aliphatic carbocycles. The van der Waals surface area contributed by atoms with Crippen LogP contribution in [0.2, 0.25) is 0 Å². The van der Waals surface area contributed by atoms with E-state index >= 15 is 0 Å². The standard InChI is InChI=1S/C24H35N3O4/c1-17-7-3-6-10-20(17)22(28)26-21(23(29)25-13-16-31-2)18-11-14-27(15-12-18)24(30)19-8-4-5-9-19/h3,6-7,10,18-19,21H,4-5,8-9,11-16H2,1-2H3,(H,25,29)(H,26,28)/t21-/m1/s1. The van der Waals surface area contributed by atoms with Gasteiger partial charge in [-0.1, -0.05) is 31.0 Å². The number of rotatable bonds is 8. The Balaban J connectivity index is 1.65. The lowest BCUT2D eigenvalue weighted by Crippen LogP contribution is -2.54. The number of carbonyl (C=O) groups excluding carboxylic acids is 3. The smallest absolute Gasteiger partial charge is 0.252 e. The lowest BCUT2D eigenvalue weighted by Gasteiger charge is -2.37. The molecule has 1 aromatic rings. The van der Waals surface area contributed by atoms with Crippen molar-refractivity contribution in [1.29, 1.82) is 0 Å². The summed E-state index contributed by atoms with van der Waals surface area (Å²) in [6.45, 7) is 3.98. The van der Waals surface area contributed by atoms with Crippen LogP contribution >= 0.6 is 0 Å².